The fraction of sp³-hybridized carbons (Fsp3) is 0.179. The number of ether oxygens (including phenoxy) is 2. The van der Waals surface area contributed by atoms with Crippen molar-refractivity contribution in [2.24, 2.45) is 0 Å². The second-order valence-corrected chi connectivity index (χ2v) is 8.45. The first-order chi connectivity index (χ1) is 17.4. The Labute approximate surface area is 206 Å². The Morgan fingerprint density at radius 3 is 2.47 bits per heavy atom. The van der Waals surface area contributed by atoms with E-state index in [1.165, 1.54) is 30.5 Å². The van der Waals surface area contributed by atoms with Crippen LogP contribution < -0.4 is 20.2 Å². The average molecular weight is 486 g/mol. The van der Waals surface area contributed by atoms with Crippen molar-refractivity contribution in [2.75, 3.05) is 18.5 Å². The fourth-order valence-corrected chi connectivity index (χ4v) is 4.19. The van der Waals surface area contributed by atoms with Crippen LogP contribution in [-0.2, 0) is 17.8 Å². The molecule has 0 radical (unpaired) electrons. The van der Waals surface area contributed by atoms with Crippen LogP contribution in [-0.4, -0.2) is 29.5 Å². The highest BCUT2D eigenvalue weighted by Crippen LogP contribution is 2.32. The van der Waals surface area contributed by atoms with Crippen LogP contribution in [0, 0.1) is 5.82 Å². The molecule has 36 heavy (non-hydrogen) atoms. The zero-order chi connectivity index (χ0) is 25.2. The molecule has 0 saturated heterocycles. The van der Waals surface area contributed by atoms with Gasteiger partial charge in [0.25, 0.3) is 0 Å². The molecule has 7 nitrogen and oxygen atoms in total. The molecule has 1 aromatic heterocycles. The topological polar surface area (TPSA) is 86.6 Å². The Bertz CT molecular complexity index is 1540. The molecule has 1 aliphatic heterocycles. The summed E-state index contributed by atoms with van der Waals surface area (Å²) in [7, 11) is 0. The third-order valence-electron chi connectivity index (χ3n) is 6.04. The maximum atomic E-state index is 13.4. The second-order valence-electron chi connectivity index (χ2n) is 8.45. The van der Waals surface area contributed by atoms with Crippen LogP contribution in [0.4, 0.5) is 10.1 Å². The Balaban J connectivity index is 1.51. The summed E-state index contributed by atoms with van der Waals surface area (Å²) >= 11 is 0. The number of amides is 1. The van der Waals surface area contributed by atoms with E-state index in [0.29, 0.717) is 47.7 Å². The van der Waals surface area contributed by atoms with Gasteiger partial charge in [0.15, 0.2) is 17.3 Å². The van der Waals surface area contributed by atoms with Crippen molar-refractivity contribution in [2.45, 2.75) is 19.9 Å². The standard InChI is InChI=1S/C28H23FN2O5/c1-2-17-3-9-23-21(13-17)28(34)22(27(33)18-4-6-19(29)7-5-18)15-31(23)16-26(32)30-20-8-10-24-25(14-20)36-12-11-35-24/h3-10,13-15H,2,11-12,16H2,1H3,(H,30,32). The Morgan fingerprint density at radius 2 is 1.72 bits per heavy atom. The van der Waals surface area contributed by atoms with Gasteiger partial charge in [-0.1, -0.05) is 13.0 Å². The van der Waals surface area contributed by atoms with Crippen molar-refractivity contribution in [3.63, 3.8) is 0 Å². The number of benzene rings is 3. The van der Waals surface area contributed by atoms with Crippen molar-refractivity contribution < 1.29 is 23.5 Å². The first-order valence-corrected chi connectivity index (χ1v) is 11.6. The molecule has 1 N–H and O–H groups in total. The first-order valence-electron chi connectivity index (χ1n) is 11.6. The van der Waals surface area contributed by atoms with E-state index < -0.39 is 17.0 Å². The minimum atomic E-state index is -0.537. The fourth-order valence-electron chi connectivity index (χ4n) is 4.19. The van der Waals surface area contributed by atoms with Gasteiger partial charge in [0.05, 0.1) is 11.1 Å². The third-order valence-corrected chi connectivity index (χ3v) is 6.04. The molecule has 8 heteroatoms. The number of halogens is 1. The van der Waals surface area contributed by atoms with Gasteiger partial charge in [-0.05, 0) is 60.5 Å². The van der Waals surface area contributed by atoms with Gasteiger partial charge in [-0.25, -0.2) is 4.39 Å². The number of anilines is 1. The second kappa shape index (κ2) is 9.65. The molecule has 0 aliphatic carbocycles. The summed E-state index contributed by atoms with van der Waals surface area (Å²) in [6.07, 6.45) is 2.10. The van der Waals surface area contributed by atoms with Gasteiger partial charge in [-0.15, -0.1) is 0 Å². The van der Waals surface area contributed by atoms with Gasteiger partial charge in [-0.3, -0.25) is 14.4 Å². The summed E-state index contributed by atoms with van der Waals surface area (Å²) in [6.45, 7) is 2.73. The molecule has 0 atom stereocenters. The smallest absolute Gasteiger partial charge is 0.244 e. The van der Waals surface area contributed by atoms with Crippen molar-refractivity contribution >= 4 is 28.3 Å². The van der Waals surface area contributed by atoms with Gasteiger partial charge < -0.3 is 19.4 Å². The Kier molecular flexibility index (Phi) is 6.25. The van der Waals surface area contributed by atoms with Crippen molar-refractivity contribution in [1.82, 2.24) is 4.57 Å². The number of ketones is 1. The lowest BCUT2D eigenvalue weighted by Crippen LogP contribution is -2.24. The summed E-state index contributed by atoms with van der Waals surface area (Å²) in [5.41, 5.74) is 1.66. The van der Waals surface area contributed by atoms with E-state index in [-0.39, 0.29) is 23.6 Å². The van der Waals surface area contributed by atoms with Crippen molar-refractivity contribution in [1.29, 1.82) is 0 Å². The zero-order valence-electron chi connectivity index (χ0n) is 19.5. The zero-order valence-corrected chi connectivity index (χ0v) is 19.5. The van der Waals surface area contributed by atoms with Crippen LogP contribution in [0.5, 0.6) is 11.5 Å². The number of nitrogens with zero attached hydrogens (tertiary/aromatic N) is 1. The SMILES string of the molecule is CCc1ccc2c(c1)c(=O)c(C(=O)c1ccc(F)cc1)cn2CC(=O)Nc1ccc2c(c1)OCCO2. The number of nitrogens with one attached hydrogen (secondary N) is 1. The predicted octanol–water partition coefficient (Wildman–Crippen LogP) is 4.34. The molecule has 4 aromatic rings. The summed E-state index contributed by atoms with van der Waals surface area (Å²) < 4.78 is 26.0. The maximum absolute atomic E-state index is 13.4. The minimum absolute atomic E-state index is 0.0884. The molecule has 0 saturated carbocycles. The highest BCUT2D eigenvalue weighted by Gasteiger charge is 2.19. The lowest BCUT2D eigenvalue weighted by atomic mass is 10.0. The van der Waals surface area contributed by atoms with Gasteiger partial charge >= 0.3 is 0 Å². The average Bonchev–Trinajstić information content (AvgIpc) is 2.90. The van der Waals surface area contributed by atoms with E-state index in [4.69, 9.17) is 9.47 Å². The van der Waals surface area contributed by atoms with E-state index in [1.807, 2.05) is 13.0 Å². The van der Waals surface area contributed by atoms with E-state index in [0.717, 1.165) is 5.56 Å². The maximum Gasteiger partial charge on any atom is 0.244 e. The normalized spacial score (nSPS) is 12.4. The number of aromatic nitrogens is 1. The van der Waals surface area contributed by atoms with Crippen LogP contribution in [0.15, 0.2) is 71.7 Å². The van der Waals surface area contributed by atoms with Crippen LogP contribution in [0.2, 0.25) is 0 Å². The van der Waals surface area contributed by atoms with Gasteiger partial charge in [0.1, 0.15) is 25.6 Å². The third kappa shape index (κ3) is 4.57. The van der Waals surface area contributed by atoms with E-state index in [9.17, 15) is 18.8 Å². The number of aryl methyl sites for hydroxylation is 1. The van der Waals surface area contributed by atoms with Gasteiger partial charge in [0, 0.05) is 28.9 Å². The van der Waals surface area contributed by atoms with Crippen LogP contribution in [0.25, 0.3) is 10.9 Å². The number of carbonyl (C=O) groups is 2. The van der Waals surface area contributed by atoms with E-state index in [2.05, 4.69) is 5.32 Å². The number of rotatable bonds is 6. The number of pyridine rings is 1. The number of hydrogen-bond acceptors (Lipinski definition) is 5. The molecule has 2 heterocycles. The molecule has 1 aliphatic rings. The largest absolute Gasteiger partial charge is 0.486 e. The summed E-state index contributed by atoms with van der Waals surface area (Å²) in [5, 5.41) is 3.17. The monoisotopic (exact) mass is 486 g/mol. The van der Waals surface area contributed by atoms with Gasteiger partial charge in [-0.2, -0.15) is 0 Å². The Hall–Kier alpha value is -4.46. The molecule has 5 rings (SSSR count). The molecule has 0 spiro atoms. The van der Waals surface area contributed by atoms with Gasteiger partial charge in [0.2, 0.25) is 11.3 Å². The number of fused-ring (bicyclic) bond motifs is 2. The molecule has 0 fully saturated rings. The first kappa shape index (κ1) is 23.3. The van der Waals surface area contributed by atoms with Crippen LogP contribution in [0.1, 0.15) is 28.4 Å². The highest BCUT2D eigenvalue weighted by molar-refractivity contribution is 6.10. The lowest BCUT2D eigenvalue weighted by Gasteiger charge is -2.19. The molecule has 0 unspecified atom stereocenters. The molecule has 182 valence electrons. The van der Waals surface area contributed by atoms with Crippen LogP contribution in [0.3, 0.4) is 0 Å². The Morgan fingerprint density at radius 1 is 0.972 bits per heavy atom. The summed E-state index contributed by atoms with van der Waals surface area (Å²) in [4.78, 5) is 39.5. The highest BCUT2D eigenvalue weighted by atomic mass is 19.1. The molecule has 0 bridgehead atoms. The number of hydrogen-bond donors (Lipinski definition) is 1. The van der Waals surface area contributed by atoms with Crippen molar-refractivity contribution in [3.8, 4) is 11.5 Å². The van der Waals surface area contributed by atoms with E-state index >= 15 is 0 Å². The molecular formula is C28H23FN2O5. The molecule has 1 amide bonds. The lowest BCUT2D eigenvalue weighted by molar-refractivity contribution is -0.116. The predicted molar refractivity (Wildman–Crippen MR) is 133 cm³/mol. The van der Waals surface area contributed by atoms with Crippen LogP contribution >= 0.6 is 0 Å². The van der Waals surface area contributed by atoms with E-state index in [1.54, 1.807) is 34.9 Å². The molecular weight excluding hydrogens is 463 g/mol. The quantitative estimate of drug-likeness (QED) is 0.410. The summed E-state index contributed by atoms with van der Waals surface area (Å²) in [5.74, 6) is -0.208. The number of carbonyl (C=O) groups excluding carboxylic acids is 2. The molecule has 3 aromatic carbocycles. The summed E-state index contributed by atoms with van der Waals surface area (Å²) in [6, 6.07) is 15.5. The minimum Gasteiger partial charge on any atom is -0.486 e. The van der Waals surface area contributed by atoms with Crippen molar-refractivity contribution in [3.05, 3.63) is 99.6 Å².